The molecule has 0 amide bonds. The minimum Gasteiger partial charge on any atom is -0.291 e. The number of nitrogens with zero attached hydrogens (tertiary/aromatic N) is 3. The summed E-state index contributed by atoms with van der Waals surface area (Å²) in [5, 5.41) is 2.34. The highest BCUT2D eigenvalue weighted by Crippen LogP contribution is 2.46. The smallest absolute Gasteiger partial charge is 0.189 e. The van der Waals surface area contributed by atoms with E-state index < -0.39 is 0 Å². The molecule has 132 valence electrons. The zero-order valence-electron chi connectivity index (χ0n) is 14.1. The Labute approximate surface area is 172 Å². The minimum absolute atomic E-state index is 0.231. The number of fused-ring (bicyclic) bond motifs is 3. The molecule has 0 saturated heterocycles. The van der Waals surface area contributed by atoms with Crippen LogP contribution >= 0.6 is 35.6 Å². The van der Waals surface area contributed by atoms with Crippen molar-refractivity contribution in [2.75, 3.05) is 9.80 Å². The number of aliphatic imine (C=N–C) groups is 1. The van der Waals surface area contributed by atoms with Gasteiger partial charge in [0.05, 0.1) is 5.69 Å². The maximum Gasteiger partial charge on any atom is 0.189 e. The van der Waals surface area contributed by atoms with Crippen LogP contribution in [0.2, 0.25) is 5.02 Å². The number of hydrogen-bond acceptors (Lipinski definition) is 3. The zero-order valence-corrected chi connectivity index (χ0v) is 16.5. The van der Waals surface area contributed by atoms with Crippen molar-refractivity contribution in [1.82, 2.24) is 0 Å². The Bertz CT molecular complexity index is 1050. The van der Waals surface area contributed by atoms with Crippen LogP contribution in [0.25, 0.3) is 0 Å². The van der Waals surface area contributed by atoms with E-state index in [2.05, 4.69) is 34.1 Å². The molecule has 0 fully saturated rings. The molecule has 6 heteroatoms. The van der Waals surface area contributed by atoms with Gasteiger partial charge in [0.1, 0.15) is 0 Å². The number of thioether (sulfide) groups is 1. The Morgan fingerprint density at radius 3 is 2.37 bits per heavy atom. The highest BCUT2D eigenvalue weighted by Gasteiger charge is 2.40. The van der Waals surface area contributed by atoms with Crippen molar-refractivity contribution >= 4 is 57.2 Å². The van der Waals surface area contributed by atoms with Gasteiger partial charge in [-0.2, -0.15) is 0 Å². The normalized spacial score (nSPS) is 18.2. The average molecular weight is 408 g/mol. The summed E-state index contributed by atoms with van der Waals surface area (Å²) in [7, 11) is 0. The van der Waals surface area contributed by atoms with Gasteiger partial charge in [0, 0.05) is 15.6 Å². The highest BCUT2D eigenvalue weighted by atomic mass is 35.5. The maximum atomic E-state index is 6.10. The quantitative estimate of drug-likeness (QED) is 0.477. The van der Waals surface area contributed by atoms with Crippen molar-refractivity contribution in [3.05, 3.63) is 89.4 Å². The van der Waals surface area contributed by atoms with E-state index in [1.165, 1.54) is 4.90 Å². The molecule has 3 nitrogen and oxygen atoms in total. The molecular weight excluding hydrogens is 394 g/mol. The predicted molar refractivity (Wildman–Crippen MR) is 118 cm³/mol. The lowest BCUT2D eigenvalue weighted by atomic mass is 10.1. The van der Waals surface area contributed by atoms with Gasteiger partial charge in [0.2, 0.25) is 0 Å². The molecule has 2 aliphatic heterocycles. The third-order valence-electron chi connectivity index (χ3n) is 4.58. The van der Waals surface area contributed by atoms with Crippen molar-refractivity contribution < 1.29 is 0 Å². The van der Waals surface area contributed by atoms with Gasteiger partial charge in [-0.25, -0.2) is 4.99 Å². The molecule has 5 rings (SSSR count). The first-order chi connectivity index (χ1) is 13.2. The van der Waals surface area contributed by atoms with Crippen LogP contribution < -0.4 is 9.80 Å². The van der Waals surface area contributed by atoms with Crippen molar-refractivity contribution in [3.8, 4) is 0 Å². The molecule has 2 aliphatic rings. The summed E-state index contributed by atoms with van der Waals surface area (Å²) in [6.07, 6.45) is -0.231. The topological polar surface area (TPSA) is 18.8 Å². The predicted octanol–water partition coefficient (Wildman–Crippen LogP) is 6.11. The fourth-order valence-electron chi connectivity index (χ4n) is 3.32. The summed E-state index contributed by atoms with van der Waals surface area (Å²) >= 11 is 13.7. The average Bonchev–Trinajstić information content (AvgIpc) is 3.08. The van der Waals surface area contributed by atoms with E-state index in [0.717, 1.165) is 27.2 Å². The molecule has 0 spiro atoms. The van der Waals surface area contributed by atoms with Gasteiger partial charge in [-0.05, 0) is 65.9 Å². The highest BCUT2D eigenvalue weighted by molar-refractivity contribution is 8.15. The Morgan fingerprint density at radius 1 is 0.889 bits per heavy atom. The fraction of sp³-hybridized carbons (Fsp3) is 0.0476. The van der Waals surface area contributed by atoms with Gasteiger partial charge in [-0.1, -0.05) is 54.1 Å². The van der Waals surface area contributed by atoms with Crippen molar-refractivity contribution in [3.63, 3.8) is 0 Å². The lowest BCUT2D eigenvalue weighted by molar-refractivity contribution is 0.744. The van der Waals surface area contributed by atoms with Crippen LogP contribution in [0.3, 0.4) is 0 Å². The van der Waals surface area contributed by atoms with E-state index in [4.69, 9.17) is 28.8 Å². The number of halogens is 1. The molecule has 27 heavy (non-hydrogen) atoms. The van der Waals surface area contributed by atoms with Gasteiger partial charge in [-0.15, -0.1) is 0 Å². The zero-order chi connectivity index (χ0) is 18.4. The van der Waals surface area contributed by atoms with Gasteiger partial charge >= 0.3 is 0 Å². The molecule has 2 heterocycles. The van der Waals surface area contributed by atoms with Gasteiger partial charge in [0.15, 0.2) is 16.4 Å². The molecule has 0 radical (unpaired) electrons. The number of thiocarbonyl (C=S) groups is 1. The van der Waals surface area contributed by atoms with Crippen molar-refractivity contribution in [1.29, 1.82) is 0 Å². The molecule has 1 unspecified atom stereocenters. The summed E-state index contributed by atoms with van der Waals surface area (Å²) in [5.41, 5.74) is 3.15. The molecule has 3 aromatic rings. The van der Waals surface area contributed by atoms with Crippen LogP contribution in [-0.4, -0.2) is 10.3 Å². The third-order valence-corrected chi connectivity index (χ3v) is 6.24. The molecule has 0 bridgehead atoms. The standard InChI is InChI=1S/C21H14ClN3S2/c22-15-12-10-14(11-13-15)19-23-20-25(17-8-4-5-9-18(17)27-20)21(26)24(19)16-6-2-1-3-7-16/h1-13,19H. The van der Waals surface area contributed by atoms with Crippen LogP contribution in [0.15, 0.2) is 88.8 Å². The monoisotopic (exact) mass is 407 g/mol. The third kappa shape index (κ3) is 2.83. The van der Waals surface area contributed by atoms with E-state index in [0.29, 0.717) is 5.02 Å². The SMILES string of the molecule is S=C1N2C(=NC(c3ccc(Cl)cc3)N1c1ccccc1)Sc1ccccc12. The molecule has 0 saturated carbocycles. The Morgan fingerprint density at radius 2 is 1.59 bits per heavy atom. The van der Waals surface area contributed by atoms with Gasteiger partial charge < -0.3 is 0 Å². The second-order valence-electron chi connectivity index (χ2n) is 6.23. The van der Waals surface area contributed by atoms with E-state index in [1.807, 2.05) is 54.6 Å². The van der Waals surface area contributed by atoms with E-state index in [1.54, 1.807) is 11.8 Å². The lowest BCUT2D eigenvalue weighted by Gasteiger charge is -2.39. The van der Waals surface area contributed by atoms with Crippen LogP contribution in [0.1, 0.15) is 11.7 Å². The van der Waals surface area contributed by atoms with Gasteiger partial charge in [-0.3, -0.25) is 9.80 Å². The number of rotatable bonds is 2. The summed E-state index contributed by atoms with van der Waals surface area (Å²) in [6, 6.07) is 26.2. The fourth-order valence-corrected chi connectivity index (χ4v) is 4.93. The maximum absolute atomic E-state index is 6.10. The summed E-state index contributed by atoms with van der Waals surface area (Å²) in [6.45, 7) is 0. The summed E-state index contributed by atoms with van der Waals surface area (Å²) in [4.78, 5) is 10.4. The number of anilines is 2. The number of benzene rings is 3. The van der Waals surface area contributed by atoms with Crippen LogP contribution in [0.5, 0.6) is 0 Å². The first-order valence-electron chi connectivity index (χ1n) is 8.51. The molecule has 1 atom stereocenters. The van der Waals surface area contributed by atoms with Crippen molar-refractivity contribution in [2.45, 2.75) is 11.1 Å². The largest absolute Gasteiger partial charge is 0.291 e. The molecule has 3 aromatic carbocycles. The molecule has 0 aliphatic carbocycles. The Hall–Kier alpha value is -2.34. The van der Waals surface area contributed by atoms with Crippen molar-refractivity contribution in [2.24, 2.45) is 4.99 Å². The summed E-state index contributed by atoms with van der Waals surface area (Å²) in [5.74, 6) is 0. The van der Waals surface area contributed by atoms with E-state index >= 15 is 0 Å². The molecular formula is C21H14ClN3S2. The molecule has 0 aromatic heterocycles. The summed E-state index contributed by atoms with van der Waals surface area (Å²) < 4.78 is 0. The number of amidine groups is 1. The van der Waals surface area contributed by atoms with Crippen LogP contribution in [0.4, 0.5) is 11.4 Å². The van der Waals surface area contributed by atoms with E-state index in [-0.39, 0.29) is 6.17 Å². The second-order valence-corrected chi connectivity index (χ2v) is 8.04. The number of hydrogen-bond donors (Lipinski definition) is 0. The minimum atomic E-state index is -0.231. The second kappa shape index (κ2) is 6.68. The van der Waals surface area contributed by atoms with Gasteiger partial charge in [0.25, 0.3) is 0 Å². The lowest BCUT2D eigenvalue weighted by Crippen LogP contribution is -2.49. The Balaban J connectivity index is 1.68. The van der Waals surface area contributed by atoms with Crippen LogP contribution in [-0.2, 0) is 0 Å². The van der Waals surface area contributed by atoms with Crippen LogP contribution in [0, 0.1) is 0 Å². The number of para-hydroxylation sites is 2. The molecule has 0 N–H and O–H groups in total. The first kappa shape index (κ1) is 16.8. The Kier molecular flexibility index (Phi) is 4.16. The first-order valence-corrected chi connectivity index (χ1v) is 10.1. The van der Waals surface area contributed by atoms with E-state index in [9.17, 15) is 0 Å².